The van der Waals surface area contributed by atoms with Gasteiger partial charge in [-0.15, -0.1) is 0 Å². The predicted molar refractivity (Wildman–Crippen MR) is 369 cm³/mol. The lowest BCUT2D eigenvalue weighted by Gasteiger charge is -2.25. The second kappa shape index (κ2) is 68.7. The normalized spacial score (nSPS) is 12.7. The van der Waals surface area contributed by atoms with E-state index in [0.29, 0.717) is 17.4 Å². The fraction of sp³-hybridized carbons (Fsp3) is 0.909. The Kier molecular flexibility index (Phi) is 66.9. The Morgan fingerprint density at radius 3 is 0.919 bits per heavy atom. The van der Waals surface area contributed by atoms with Gasteiger partial charge in [0.1, 0.15) is 13.2 Å². The fourth-order valence-corrected chi connectivity index (χ4v) is 11.6. The number of hydrogen-bond acceptors (Lipinski definition) is 7. The van der Waals surface area contributed by atoms with E-state index in [1.165, 1.54) is 321 Å². The average Bonchev–Trinajstić information content (AvgIpc) is 3.64. The molecule has 0 fully saturated rings. The summed E-state index contributed by atoms with van der Waals surface area (Å²) in [6.07, 6.45) is 83.2. The first-order chi connectivity index (χ1) is 42.1. The molecule has 0 heterocycles. The summed E-state index contributed by atoms with van der Waals surface area (Å²) in [7, 11) is 6.00. The molecule has 0 saturated heterocycles. The molecule has 0 spiro atoms. The Labute approximate surface area is 535 Å². The minimum Gasteiger partial charge on any atom is -0.477 e. The van der Waals surface area contributed by atoms with E-state index in [0.717, 1.165) is 44.9 Å². The van der Waals surface area contributed by atoms with Gasteiger partial charge in [-0.05, 0) is 44.9 Å². The smallest absolute Gasteiger partial charge is 0.361 e. The summed E-state index contributed by atoms with van der Waals surface area (Å²) < 4.78 is 23.0. The molecule has 9 nitrogen and oxygen atoms in total. The third kappa shape index (κ3) is 69.2. The van der Waals surface area contributed by atoms with Crippen LogP contribution in [0.1, 0.15) is 393 Å². The van der Waals surface area contributed by atoms with Crippen LogP contribution in [0.5, 0.6) is 0 Å². The molecule has 0 aromatic carbocycles. The molecule has 0 amide bonds. The summed E-state index contributed by atoms with van der Waals surface area (Å²) in [6, 6.07) is 0. The number of ether oxygens (including phenoxy) is 4. The molecular formula is C77H148NO8+. The van der Waals surface area contributed by atoms with Crippen molar-refractivity contribution in [3.8, 4) is 0 Å². The van der Waals surface area contributed by atoms with Crippen LogP contribution in [0.3, 0.4) is 0 Å². The van der Waals surface area contributed by atoms with Gasteiger partial charge < -0.3 is 28.5 Å². The van der Waals surface area contributed by atoms with Gasteiger partial charge in [0.15, 0.2) is 6.10 Å². The van der Waals surface area contributed by atoms with Gasteiger partial charge in [0.2, 0.25) is 0 Å². The summed E-state index contributed by atoms with van der Waals surface area (Å²) >= 11 is 0. The molecule has 0 aliphatic heterocycles. The molecule has 0 aromatic rings. The Morgan fingerprint density at radius 2 is 0.628 bits per heavy atom. The van der Waals surface area contributed by atoms with Gasteiger partial charge in [-0.3, -0.25) is 9.59 Å². The molecule has 0 aromatic heterocycles. The monoisotopic (exact) mass is 1220 g/mol. The number of unbranched alkanes of at least 4 members (excludes halogenated alkanes) is 53. The first kappa shape index (κ1) is 83.8. The Hall–Kier alpha value is -2.23. The highest BCUT2D eigenvalue weighted by Gasteiger charge is 2.25. The fourth-order valence-electron chi connectivity index (χ4n) is 11.6. The summed E-state index contributed by atoms with van der Waals surface area (Å²) in [5, 5.41) is 9.76. The maximum Gasteiger partial charge on any atom is 0.361 e. The number of carbonyl (C=O) groups is 3. The molecule has 0 aliphatic carbocycles. The van der Waals surface area contributed by atoms with E-state index in [-0.39, 0.29) is 38.2 Å². The molecule has 1 N–H and O–H groups in total. The number of carbonyl (C=O) groups excluding carboxylic acids is 2. The second-order valence-corrected chi connectivity index (χ2v) is 27.3. The van der Waals surface area contributed by atoms with Gasteiger partial charge in [0, 0.05) is 12.8 Å². The minimum atomic E-state index is -1.51. The number of hydrogen-bond donors (Lipinski definition) is 1. The van der Waals surface area contributed by atoms with Gasteiger partial charge in [-0.1, -0.05) is 359 Å². The van der Waals surface area contributed by atoms with Crippen LogP contribution < -0.4 is 0 Å². The van der Waals surface area contributed by atoms with Crippen molar-refractivity contribution in [2.24, 2.45) is 0 Å². The summed E-state index contributed by atoms with van der Waals surface area (Å²) in [6.45, 7) is 4.95. The van der Waals surface area contributed by atoms with E-state index in [9.17, 15) is 19.5 Å². The molecule has 0 saturated carbocycles. The molecule has 0 bridgehead atoms. The maximum atomic E-state index is 13.0. The van der Waals surface area contributed by atoms with Gasteiger partial charge in [-0.2, -0.15) is 0 Å². The largest absolute Gasteiger partial charge is 0.477 e. The standard InChI is InChI=1S/C77H147NO8/c1-6-8-10-12-14-16-18-20-22-24-26-28-30-32-34-35-36-37-38-39-40-42-43-45-47-49-51-53-55-57-59-61-63-65-67-74(79)84-71-73(72-85-77(76(81)82)83-70-69-78(3,4)5)86-75(80)68-66-64-62-60-58-56-54-52-50-48-46-44-41-33-31-29-27-25-23-21-19-17-15-13-11-9-7-2/h19,21,25,27,73,77H,6-18,20,22-24,26,28-72H2,1-5H3/p+1/b21-19-,27-25-. The highest BCUT2D eigenvalue weighted by Crippen LogP contribution is 2.20. The number of nitrogens with zero attached hydrogens (tertiary/aromatic N) is 1. The van der Waals surface area contributed by atoms with Crippen molar-refractivity contribution < 1.29 is 42.9 Å². The summed E-state index contributed by atoms with van der Waals surface area (Å²) in [5.74, 6) is -1.97. The van der Waals surface area contributed by atoms with Crippen LogP contribution >= 0.6 is 0 Å². The zero-order valence-corrected chi connectivity index (χ0v) is 58.3. The molecular weight excluding hydrogens is 1070 g/mol. The number of quaternary nitrogens is 1. The molecule has 508 valence electrons. The molecule has 0 aliphatic rings. The van der Waals surface area contributed by atoms with Crippen molar-refractivity contribution in [1.82, 2.24) is 0 Å². The van der Waals surface area contributed by atoms with E-state index in [1.54, 1.807) is 0 Å². The lowest BCUT2D eigenvalue weighted by atomic mass is 10.0. The zero-order valence-electron chi connectivity index (χ0n) is 58.3. The Balaban J connectivity index is 3.99. The van der Waals surface area contributed by atoms with Crippen LogP contribution in [-0.4, -0.2) is 87.4 Å². The first-order valence-corrected chi connectivity index (χ1v) is 38.0. The number of rotatable bonds is 72. The Morgan fingerprint density at radius 1 is 0.349 bits per heavy atom. The number of aliphatic carboxylic acids is 1. The molecule has 9 heteroatoms. The number of likely N-dealkylation sites (N-methyl/N-ethyl adjacent to an activating group) is 1. The third-order valence-electron chi connectivity index (χ3n) is 17.5. The van der Waals surface area contributed by atoms with Crippen LogP contribution in [-0.2, 0) is 33.3 Å². The topological polar surface area (TPSA) is 108 Å². The quantitative estimate of drug-likeness (QED) is 0.0211. The minimum absolute atomic E-state index is 0.175. The molecule has 0 rings (SSSR count). The Bertz CT molecular complexity index is 1460. The van der Waals surface area contributed by atoms with E-state index < -0.39 is 18.4 Å². The summed E-state index contributed by atoms with van der Waals surface area (Å²) in [4.78, 5) is 37.7. The van der Waals surface area contributed by atoms with Crippen molar-refractivity contribution in [1.29, 1.82) is 0 Å². The van der Waals surface area contributed by atoms with Crippen LogP contribution in [0, 0.1) is 0 Å². The number of allylic oxidation sites excluding steroid dienone is 4. The SMILES string of the molecule is CCCCCCC/C=C\C/C=C\CCCCCCCCCCCCCCCCCC(=O)OC(COC(=O)CCCCCCCCCCCCCCCCCCCCCCCCCCCCCCCCCCCC)COC(OCC[N+](C)(C)C)C(=O)O. The number of esters is 2. The van der Waals surface area contributed by atoms with Gasteiger partial charge in [0.25, 0.3) is 6.29 Å². The van der Waals surface area contributed by atoms with Crippen LogP contribution in [0.4, 0.5) is 0 Å². The molecule has 2 atom stereocenters. The van der Waals surface area contributed by atoms with E-state index >= 15 is 0 Å². The lowest BCUT2D eigenvalue weighted by molar-refractivity contribution is -0.870. The van der Waals surface area contributed by atoms with Crippen molar-refractivity contribution in [3.05, 3.63) is 24.3 Å². The first-order valence-electron chi connectivity index (χ1n) is 38.0. The molecule has 86 heavy (non-hydrogen) atoms. The van der Waals surface area contributed by atoms with Crippen molar-refractivity contribution in [2.75, 3.05) is 47.5 Å². The van der Waals surface area contributed by atoms with Crippen molar-refractivity contribution >= 4 is 17.9 Å². The van der Waals surface area contributed by atoms with Crippen molar-refractivity contribution in [3.63, 3.8) is 0 Å². The van der Waals surface area contributed by atoms with E-state index in [2.05, 4.69) is 38.2 Å². The second-order valence-electron chi connectivity index (χ2n) is 27.3. The van der Waals surface area contributed by atoms with Gasteiger partial charge in [0.05, 0.1) is 34.4 Å². The molecule has 0 radical (unpaired) electrons. The van der Waals surface area contributed by atoms with E-state index in [1.807, 2.05) is 21.1 Å². The summed E-state index contributed by atoms with van der Waals surface area (Å²) in [5.41, 5.74) is 0. The average molecular weight is 1220 g/mol. The van der Waals surface area contributed by atoms with Gasteiger partial charge >= 0.3 is 17.9 Å². The number of carboxylic acids is 1. The zero-order chi connectivity index (χ0) is 62.6. The lowest BCUT2D eigenvalue weighted by Crippen LogP contribution is -2.40. The third-order valence-corrected chi connectivity index (χ3v) is 17.5. The van der Waals surface area contributed by atoms with Crippen molar-refractivity contribution in [2.45, 2.75) is 405 Å². The van der Waals surface area contributed by atoms with Crippen LogP contribution in [0.25, 0.3) is 0 Å². The number of carboxylic acid groups (broad SMARTS) is 1. The van der Waals surface area contributed by atoms with Crippen LogP contribution in [0.15, 0.2) is 24.3 Å². The molecule has 2 unspecified atom stereocenters. The predicted octanol–water partition coefficient (Wildman–Crippen LogP) is 23.8. The highest BCUT2D eigenvalue weighted by atomic mass is 16.7. The van der Waals surface area contributed by atoms with E-state index in [4.69, 9.17) is 18.9 Å². The maximum absolute atomic E-state index is 13.0. The van der Waals surface area contributed by atoms with Gasteiger partial charge in [-0.25, -0.2) is 4.79 Å². The van der Waals surface area contributed by atoms with Crippen LogP contribution in [0.2, 0.25) is 0 Å². The highest BCUT2D eigenvalue weighted by molar-refractivity contribution is 5.71.